The average Bonchev–Trinajstić information content (AvgIpc) is 2.50. The van der Waals surface area contributed by atoms with E-state index in [0.29, 0.717) is 22.1 Å². The fourth-order valence-corrected chi connectivity index (χ4v) is 2.21. The highest BCUT2D eigenvalue weighted by molar-refractivity contribution is 6.31. The highest BCUT2D eigenvalue weighted by Crippen LogP contribution is 2.35. The molecule has 6 nitrogen and oxygen atoms in total. The zero-order chi connectivity index (χ0) is 15.7. The maximum atomic E-state index is 12.4. The van der Waals surface area contributed by atoms with E-state index in [-0.39, 0.29) is 0 Å². The number of halogens is 1. The van der Waals surface area contributed by atoms with Crippen LogP contribution in [-0.2, 0) is 9.59 Å². The third-order valence-electron chi connectivity index (χ3n) is 3.29. The lowest BCUT2D eigenvalue weighted by molar-refractivity contribution is -0.143. The van der Waals surface area contributed by atoms with E-state index in [2.05, 4.69) is 15.6 Å². The van der Waals surface area contributed by atoms with Crippen LogP contribution in [-0.4, -0.2) is 22.4 Å². The molecule has 2 aromatic rings. The molecule has 0 radical (unpaired) electrons. The van der Waals surface area contributed by atoms with Crippen molar-refractivity contribution in [1.29, 1.82) is 0 Å². The summed E-state index contributed by atoms with van der Waals surface area (Å²) in [6, 6.07) is 8.14. The third-order valence-corrected chi connectivity index (χ3v) is 3.52. The lowest BCUT2D eigenvalue weighted by Crippen LogP contribution is -2.56. The summed E-state index contributed by atoms with van der Waals surface area (Å²) in [6.45, 7) is 1.41. The van der Waals surface area contributed by atoms with Crippen molar-refractivity contribution in [2.45, 2.75) is 12.5 Å². The van der Waals surface area contributed by atoms with Crippen molar-refractivity contribution in [2.75, 3.05) is 10.6 Å². The molecule has 1 aromatic carbocycles. The van der Waals surface area contributed by atoms with Crippen LogP contribution in [0, 0.1) is 0 Å². The van der Waals surface area contributed by atoms with Crippen molar-refractivity contribution in [2.24, 2.45) is 0 Å². The van der Waals surface area contributed by atoms with Gasteiger partial charge in [-0.3, -0.25) is 14.6 Å². The van der Waals surface area contributed by atoms with Crippen molar-refractivity contribution in [3.05, 3.63) is 47.7 Å². The molecule has 3 rings (SSSR count). The van der Waals surface area contributed by atoms with Gasteiger partial charge in [0.2, 0.25) is 0 Å². The number of carbonyl (C=O) groups excluding carboxylic acids is 2. The Kier molecular flexibility index (Phi) is 3.46. The van der Waals surface area contributed by atoms with Gasteiger partial charge in [0.1, 0.15) is 5.75 Å². The maximum absolute atomic E-state index is 12.4. The van der Waals surface area contributed by atoms with Crippen LogP contribution in [0.3, 0.4) is 0 Å². The fraction of sp³-hybridized carbons (Fsp3) is 0.133. The van der Waals surface area contributed by atoms with Crippen LogP contribution in [0.25, 0.3) is 0 Å². The zero-order valence-electron chi connectivity index (χ0n) is 11.6. The predicted octanol–water partition coefficient (Wildman–Crippen LogP) is 2.46. The van der Waals surface area contributed by atoms with E-state index in [9.17, 15) is 9.59 Å². The fourth-order valence-electron chi connectivity index (χ4n) is 2.03. The van der Waals surface area contributed by atoms with Gasteiger partial charge in [0.25, 0.3) is 17.4 Å². The summed E-state index contributed by atoms with van der Waals surface area (Å²) in [4.78, 5) is 28.6. The molecular weight excluding hydrogens is 306 g/mol. The number of ether oxygens (including phenoxy) is 1. The Morgan fingerprint density at radius 3 is 2.95 bits per heavy atom. The topological polar surface area (TPSA) is 80.3 Å². The summed E-state index contributed by atoms with van der Waals surface area (Å²) in [5.41, 5.74) is -0.771. The Labute approximate surface area is 131 Å². The van der Waals surface area contributed by atoms with E-state index in [1.807, 2.05) is 0 Å². The summed E-state index contributed by atoms with van der Waals surface area (Å²) >= 11 is 5.87. The predicted molar refractivity (Wildman–Crippen MR) is 82.0 cm³/mol. The van der Waals surface area contributed by atoms with Crippen molar-refractivity contribution in [3.8, 4) is 5.75 Å². The number of pyridine rings is 1. The largest absolute Gasteiger partial charge is 0.466 e. The molecule has 2 heterocycles. The van der Waals surface area contributed by atoms with Crippen LogP contribution >= 0.6 is 11.6 Å². The van der Waals surface area contributed by atoms with Crippen LogP contribution in [0.2, 0.25) is 5.02 Å². The van der Waals surface area contributed by atoms with Gasteiger partial charge < -0.3 is 15.4 Å². The standard InChI is InChI=1S/C15H12ClN3O3/c1-15(13(20)18-10-3-2-6-17-8-10)14(21)19-11-7-9(16)4-5-12(11)22-15/h2-8H,1H3,(H,18,20)(H,19,21)/t15-/m1/s1. The molecule has 0 bridgehead atoms. The number of anilines is 2. The first-order valence-electron chi connectivity index (χ1n) is 6.50. The second kappa shape index (κ2) is 5.31. The first kappa shape index (κ1) is 14.3. The Morgan fingerprint density at radius 2 is 2.23 bits per heavy atom. The second-order valence-electron chi connectivity index (χ2n) is 4.93. The van der Waals surface area contributed by atoms with Gasteiger partial charge in [0.05, 0.1) is 17.6 Å². The molecule has 2 amide bonds. The highest BCUT2D eigenvalue weighted by Gasteiger charge is 2.47. The lowest BCUT2D eigenvalue weighted by Gasteiger charge is -2.33. The number of hydrogen-bond donors (Lipinski definition) is 2. The van der Waals surface area contributed by atoms with Crippen molar-refractivity contribution in [3.63, 3.8) is 0 Å². The van der Waals surface area contributed by atoms with Crippen LogP contribution in [0.4, 0.5) is 11.4 Å². The normalized spacial score (nSPS) is 19.6. The summed E-state index contributed by atoms with van der Waals surface area (Å²) in [5, 5.41) is 5.71. The monoisotopic (exact) mass is 317 g/mol. The molecular formula is C15H12ClN3O3. The maximum Gasteiger partial charge on any atom is 0.278 e. The molecule has 0 saturated heterocycles. The molecule has 22 heavy (non-hydrogen) atoms. The number of rotatable bonds is 2. The number of amides is 2. The van der Waals surface area contributed by atoms with E-state index in [0.717, 1.165) is 0 Å². The minimum Gasteiger partial charge on any atom is -0.466 e. The molecule has 0 spiro atoms. The molecule has 0 saturated carbocycles. The Bertz CT molecular complexity index is 751. The molecule has 1 atom stereocenters. The van der Waals surface area contributed by atoms with Gasteiger partial charge in [0.15, 0.2) is 0 Å². The molecule has 0 fully saturated rings. The van der Waals surface area contributed by atoms with Crippen molar-refractivity contribution in [1.82, 2.24) is 4.98 Å². The summed E-state index contributed by atoms with van der Waals surface area (Å²) in [6.07, 6.45) is 3.07. The molecule has 1 aliphatic rings. The number of carbonyl (C=O) groups is 2. The molecule has 1 aromatic heterocycles. The SMILES string of the molecule is C[C@]1(C(=O)Nc2cccnc2)Oc2ccc(Cl)cc2NC1=O. The first-order chi connectivity index (χ1) is 10.5. The van der Waals surface area contributed by atoms with Crippen LogP contribution in [0.15, 0.2) is 42.7 Å². The van der Waals surface area contributed by atoms with Crippen molar-refractivity contribution >= 4 is 34.8 Å². The molecule has 0 unspecified atom stereocenters. The van der Waals surface area contributed by atoms with E-state index in [1.54, 1.807) is 36.5 Å². The smallest absolute Gasteiger partial charge is 0.278 e. The van der Waals surface area contributed by atoms with Gasteiger partial charge in [-0.2, -0.15) is 0 Å². The zero-order valence-corrected chi connectivity index (χ0v) is 12.3. The summed E-state index contributed by atoms with van der Waals surface area (Å²) in [7, 11) is 0. The summed E-state index contributed by atoms with van der Waals surface area (Å²) in [5.74, 6) is -0.768. The average molecular weight is 318 g/mol. The Morgan fingerprint density at radius 1 is 1.41 bits per heavy atom. The number of aromatic nitrogens is 1. The minimum atomic E-state index is -1.68. The van der Waals surface area contributed by atoms with Gasteiger partial charge in [-0.15, -0.1) is 0 Å². The molecule has 1 aliphatic heterocycles. The van der Waals surface area contributed by atoms with E-state index in [1.165, 1.54) is 13.1 Å². The first-order valence-corrected chi connectivity index (χ1v) is 6.88. The molecule has 0 aliphatic carbocycles. The number of fused-ring (bicyclic) bond motifs is 1. The van der Waals surface area contributed by atoms with E-state index < -0.39 is 17.4 Å². The second-order valence-corrected chi connectivity index (χ2v) is 5.36. The van der Waals surface area contributed by atoms with Crippen LogP contribution < -0.4 is 15.4 Å². The number of nitrogens with one attached hydrogen (secondary N) is 2. The van der Waals surface area contributed by atoms with Crippen LogP contribution in [0.1, 0.15) is 6.92 Å². The molecule has 2 N–H and O–H groups in total. The van der Waals surface area contributed by atoms with Gasteiger partial charge in [0, 0.05) is 11.2 Å². The number of benzene rings is 1. The highest BCUT2D eigenvalue weighted by atomic mass is 35.5. The minimum absolute atomic E-state index is 0.382. The lowest BCUT2D eigenvalue weighted by atomic mass is 10.0. The van der Waals surface area contributed by atoms with Gasteiger partial charge in [-0.25, -0.2) is 0 Å². The Hall–Kier alpha value is -2.60. The van der Waals surface area contributed by atoms with Crippen molar-refractivity contribution < 1.29 is 14.3 Å². The quantitative estimate of drug-likeness (QED) is 0.834. The van der Waals surface area contributed by atoms with Gasteiger partial charge in [-0.1, -0.05) is 11.6 Å². The summed E-state index contributed by atoms with van der Waals surface area (Å²) < 4.78 is 5.62. The van der Waals surface area contributed by atoms with E-state index in [4.69, 9.17) is 16.3 Å². The number of nitrogens with zero attached hydrogens (tertiary/aromatic N) is 1. The van der Waals surface area contributed by atoms with Gasteiger partial charge >= 0.3 is 0 Å². The van der Waals surface area contributed by atoms with Crippen LogP contribution in [0.5, 0.6) is 5.75 Å². The van der Waals surface area contributed by atoms with E-state index >= 15 is 0 Å². The molecule has 112 valence electrons. The van der Waals surface area contributed by atoms with Gasteiger partial charge in [-0.05, 0) is 37.3 Å². The Balaban J connectivity index is 1.88. The third kappa shape index (κ3) is 2.48. The number of hydrogen-bond acceptors (Lipinski definition) is 4. The molecule has 7 heteroatoms.